The summed E-state index contributed by atoms with van der Waals surface area (Å²) in [6, 6.07) is 0. The lowest BCUT2D eigenvalue weighted by atomic mass is 10.1. The van der Waals surface area contributed by atoms with Gasteiger partial charge in [-0.05, 0) is 32.7 Å². The molecule has 0 saturated carbocycles. The monoisotopic (exact) mass is 313 g/mol. The molecule has 0 spiro atoms. The van der Waals surface area contributed by atoms with Crippen LogP contribution in [0.15, 0.2) is 6.20 Å². The molecule has 1 aliphatic heterocycles. The van der Waals surface area contributed by atoms with Crippen LogP contribution in [0.1, 0.15) is 22.7 Å². The number of fused-ring (bicyclic) bond motifs is 1. The Morgan fingerprint density at radius 3 is 3.00 bits per heavy atom. The molecule has 1 saturated heterocycles. The van der Waals surface area contributed by atoms with Gasteiger partial charge in [0.15, 0.2) is 14.8 Å². The maximum absolute atomic E-state index is 11.4. The van der Waals surface area contributed by atoms with E-state index in [0.717, 1.165) is 30.2 Å². The van der Waals surface area contributed by atoms with Gasteiger partial charge >= 0.3 is 0 Å². The molecule has 1 aliphatic rings. The van der Waals surface area contributed by atoms with Crippen LogP contribution in [0, 0.1) is 19.8 Å². The second-order valence-corrected chi connectivity index (χ2v) is 8.98. The van der Waals surface area contributed by atoms with Crippen LogP contribution < -0.4 is 5.32 Å². The highest BCUT2D eigenvalue weighted by molar-refractivity contribution is 7.91. The van der Waals surface area contributed by atoms with Gasteiger partial charge in [-0.15, -0.1) is 11.3 Å². The number of hydrogen-bond donors (Lipinski definition) is 1. The van der Waals surface area contributed by atoms with Gasteiger partial charge in [0.25, 0.3) is 0 Å². The van der Waals surface area contributed by atoms with Crippen molar-refractivity contribution in [2.75, 3.05) is 18.1 Å². The molecule has 0 radical (unpaired) electrons. The summed E-state index contributed by atoms with van der Waals surface area (Å²) in [4.78, 5) is 6.83. The van der Waals surface area contributed by atoms with Crippen molar-refractivity contribution in [3.05, 3.63) is 22.5 Å². The molecule has 3 rings (SSSR count). The Balaban J connectivity index is 1.64. The molecule has 0 aliphatic carbocycles. The Kier molecular flexibility index (Phi) is 3.60. The van der Waals surface area contributed by atoms with E-state index in [-0.39, 0.29) is 5.92 Å². The Morgan fingerprint density at radius 1 is 1.50 bits per heavy atom. The Hall–Kier alpha value is -0.920. The van der Waals surface area contributed by atoms with Crippen LogP contribution in [-0.2, 0) is 16.4 Å². The first-order valence-electron chi connectivity index (χ1n) is 6.80. The van der Waals surface area contributed by atoms with E-state index in [2.05, 4.69) is 27.8 Å². The van der Waals surface area contributed by atoms with Crippen molar-refractivity contribution in [2.45, 2.75) is 26.8 Å². The molecule has 0 amide bonds. The quantitative estimate of drug-likeness (QED) is 0.930. The largest absolute Gasteiger partial charge is 0.311 e. The van der Waals surface area contributed by atoms with Gasteiger partial charge in [-0.25, -0.2) is 13.4 Å². The van der Waals surface area contributed by atoms with Crippen molar-refractivity contribution in [3.63, 3.8) is 0 Å². The highest BCUT2D eigenvalue weighted by Crippen LogP contribution is 2.21. The number of nitrogens with one attached hydrogen (secondary N) is 1. The standard InChI is InChI=1S/C13H19N3O2S2/c1-9-7-16-12(10(2)15-13(16)19-9)6-14-5-11-3-4-20(17,18)8-11/h7,11,14H,3-6,8H2,1-2H3. The van der Waals surface area contributed by atoms with E-state index in [0.29, 0.717) is 11.5 Å². The summed E-state index contributed by atoms with van der Waals surface area (Å²) >= 11 is 1.69. The average molecular weight is 313 g/mol. The lowest BCUT2D eigenvalue weighted by molar-refractivity contribution is 0.516. The van der Waals surface area contributed by atoms with Crippen molar-refractivity contribution in [3.8, 4) is 0 Å². The van der Waals surface area contributed by atoms with E-state index in [4.69, 9.17) is 0 Å². The van der Waals surface area contributed by atoms with E-state index in [1.807, 2.05) is 6.92 Å². The first kappa shape index (κ1) is 14.0. The fourth-order valence-corrected chi connectivity index (χ4v) is 5.50. The smallest absolute Gasteiger partial charge is 0.194 e. The highest BCUT2D eigenvalue weighted by atomic mass is 32.2. The summed E-state index contributed by atoms with van der Waals surface area (Å²) in [6.07, 6.45) is 2.89. The van der Waals surface area contributed by atoms with E-state index in [9.17, 15) is 8.42 Å². The number of aromatic nitrogens is 2. The fraction of sp³-hybridized carbons (Fsp3) is 0.615. The molecule has 20 heavy (non-hydrogen) atoms. The third-order valence-electron chi connectivity index (χ3n) is 3.79. The molecule has 2 aromatic heterocycles. The molecule has 1 unspecified atom stereocenters. The predicted molar refractivity (Wildman–Crippen MR) is 81.0 cm³/mol. The lowest BCUT2D eigenvalue weighted by Gasteiger charge is -2.09. The van der Waals surface area contributed by atoms with Crippen molar-refractivity contribution in [1.82, 2.24) is 14.7 Å². The van der Waals surface area contributed by atoms with E-state index in [1.54, 1.807) is 11.3 Å². The number of imidazole rings is 1. The Labute approximate surface area is 122 Å². The topological polar surface area (TPSA) is 63.5 Å². The van der Waals surface area contributed by atoms with Crippen LogP contribution in [-0.4, -0.2) is 35.9 Å². The third kappa shape index (κ3) is 2.75. The molecule has 5 nitrogen and oxygen atoms in total. The molecule has 1 N–H and O–H groups in total. The van der Waals surface area contributed by atoms with Crippen molar-refractivity contribution < 1.29 is 8.42 Å². The number of hydrogen-bond acceptors (Lipinski definition) is 5. The molecule has 7 heteroatoms. The summed E-state index contributed by atoms with van der Waals surface area (Å²) in [7, 11) is -2.78. The minimum atomic E-state index is -2.78. The van der Waals surface area contributed by atoms with Gasteiger partial charge in [0, 0.05) is 17.6 Å². The highest BCUT2D eigenvalue weighted by Gasteiger charge is 2.27. The van der Waals surface area contributed by atoms with Crippen LogP contribution in [0.2, 0.25) is 0 Å². The zero-order chi connectivity index (χ0) is 14.3. The minimum Gasteiger partial charge on any atom is -0.311 e. The number of sulfone groups is 1. The normalized spacial score (nSPS) is 21.8. The summed E-state index contributed by atoms with van der Waals surface area (Å²) < 4.78 is 25.0. The van der Waals surface area contributed by atoms with Crippen molar-refractivity contribution >= 4 is 26.1 Å². The van der Waals surface area contributed by atoms with Crippen LogP contribution in [0.3, 0.4) is 0 Å². The van der Waals surface area contributed by atoms with Gasteiger partial charge in [-0.2, -0.15) is 0 Å². The first-order chi connectivity index (χ1) is 9.44. The second kappa shape index (κ2) is 5.13. The molecule has 0 bridgehead atoms. The predicted octanol–water partition coefficient (Wildman–Crippen LogP) is 1.54. The van der Waals surface area contributed by atoms with Gasteiger partial charge in [0.1, 0.15) is 0 Å². The average Bonchev–Trinajstić information content (AvgIpc) is 2.95. The Bertz CT molecular complexity index is 730. The maximum Gasteiger partial charge on any atom is 0.194 e. The lowest BCUT2D eigenvalue weighted by Crippen LogP contribution is -2.24. The SMILES string of the molecule is Cc1cn2c(CNCC3CCS(=O)(=O)C3)c(C)nc2s1. The number of aryl methyl sites for hydroxylation is 2. The van der Waals surface area contributed by atoms with Gasteiger partial charge in [-0.3, -0.25) is 4.40 Å². The van der Waals surface area contributed by atoms with Crippen LogP contribution in [0.4, 0.5) is 0 Å². The molecule has 1 atom stereocenters. The molecular formula is C13H19N3O2S2. The first-order valence-corrected chi connectivity index (χ1v) is 9.43. The van der Waals surface area contributed by atoms with Gasteiger partial charge in [-0.1, -0.05) is 0 Å². The number of nitrogens with zero attached hydrogens (tertiary/aromatic N) is 2. The van der Waals surface area contributed by atoms with Gasteiger partial charge in [0.05, 0.1) is 22.9 Å². The summed E-state index contributed by atoms with van der Waals surface area (Å²) in [5, 5.41) is 3.39. The summed E-state index contributed by atoms with van der Waals surface area (Å²) in [5.41, 5.74) is 2.22. The zero-order valence-electron chi connectivity index (χ0n) is 11.7. The molecule has 2 aromatic rings. The minimum absolute atomic E-state index is 0.257. The van der Waals surface area contributed by atoms with Crippen LogP contribution >= 0.6 is 11.3 Å². The number of thiazole rings is 1. The van der Waals surface area contributed by atoms with Gasteiger partial charge in [0.2, 0.25) is 0 Å². The molecule has 0 aromatic carbocycles. The molecular weight excluding hydrogens is 294 g/mol. The molecule has 1 fully saturated rings. The van der Waals surface area contributed by atoms with E-state index >= 15 is 0 Å². The molecule has 110 valence electrons. The Morgan fingerprint density at radius 2 is 2.30 bits per heavy atom. The van der Waals surface area contributed by atoms with E-state index < -0.39 is 9.84 Å². The molecule has 3 heterocycles. The van der Waals surface area contributed by atoms with Crippen LogP contribution in [0.5, 0.6) is 0 Å². The van der Waals surface area contributed by atoms with Crippen molar-refractivity contribution in [2.24, 2.45) is 5.92 Å². The second-order valence-electron chi connectivity index (χ2n) is 5.54. The maximum atomic E-state index is 11.4. The summed E-state index contributed by atoms with van der Waals surface area (Å²) in [6.45, 7) is 5.59. The van der Waals surface area contributed by atoms with Crippen molar-refractivity contribution in [1.29, 1.82) is 0 Å². The fourth-order valence-electron chi connectivity index (χ4n) is 2.75. The van der Waals surface area contributed by atoms with E-state index in [1.165, 1.54) is 10.6 Å². The summed E-state index contributed by atoms with van der Waals surface area (Å²) in [5.74, 6) is 0.935. The zero-order valence-corrected chi connectivity index (χ0v) is 13.4. The third-order valence-corrected chi connectivity index (χ3v) is 6.53. The number of rotatable bonds is 4. The van der Waals surface area contributed by atoms with Crippen LogP contribution in [0.25, 0.3) is 4.96 Å². The van der Waals surface area contributed by atoms with Gasteiger partial charge < -0.3 is 5.32 Å².